The molecule has 106 valence electrons. The Morgan fingerprint density at radius 1 is 1.35 bits per heavy atom. The quantitative estimate of drug-likeness (QED) is 0.630. The second-order valence-electron chi connectivity index (χ2n) is 4.54. The van der Waals surface area contributed by atoms with E-state index in [-0.39, 0.29) is 18.4 Å². The van der Waals surface area contributed by atoms with E-state index in [2.05, 4.69) is 11.2 Å². The number of benzene rings is 1. The summed E-state index contributed by atoms with van der Waals surface area (Å²) in [6.07, 6.45) is 5.09. The van der Waals surface area contributed by atoms with E-state index in [0.29, 0.717) is 11.3 Å². The van der Waals surface area contributed by atoms with E-state index in [4.69, 9.17) is 16.9 Å². The first-order valence-electron chi connectivity index (χ1n) is 6.25. The number of terminal acetylenes is 1. The lowest BCUT2D eigenvalue weighted by Gasteiger charge is -2.11. The molecular weight excluding hydrogens is 256 g/mol. The van der Waals surface area contributed by atoms with Gasteiger partial charge in [-0.05, 0) is 38.1 Å². The zero-order valence-corrected chi connectivity index (χ0v) is 11.6. The molecule has 5 nitrogen and oxygen atoms in total. The van der Waals surface area contributed by atoms with Crippen LogP contribution in [0.3, 0.4) is 0 Å². The maximum Gasteiger partial charge on any atom is 0.338 e. The fourth-order valence-electron chi connectivity index (χ4n) is 1.43. The molecule has 1 amide bonds. The molecule has 0 saturated carbocycles. The summed E-state index contributed by atoms with van der Waals surface area (Å²) in [6, 6.07) is 5.63. The van der Waals surface area contributed by atoms with Crippen molar-refractivity contribution in [1.29, 1.82) is 0 Å². The number of anilines is 1. The number of rotatable bonds is 5. The largest absolute Gasteiger partial charge is 0.459 e. The van der Waals surface area contributed by atoms with Gasteiger partial charge in [-0.25, -0.2) is 4.79 Å². The highest BCUT2D eigenvalue weighted by Gasteiger charge is 2.13. The number of carbonyl (C=O) groups excluding carboxylic acids is 2. The van der Waals surface area contributed by atoms with Crippen LogP contribution in [0.2, 0.25) is 0 Å². The van der Waals surface area contributed by atoms with Crippen LogP contribution in [0.4, 0.5) is 5.69 Å². The van der Waals surface area contributed by atoms with Crippen molar-refractivity contribution in [3.8, 4) is 12.3 Å². The Labute approximate surface area is 118 Å². The van der Waals surface area contributed by atoms with Crippen molar-refractivity contribution in [3.05, 3.63) is 29.8 Å². The number of hydrogen-bond acceptors (Lipinski definition) is 4. The van der Waals surface area contributed by atoms with Gasteiger partial charge in [0, 0.05) is 12.1 Å². The van der Waals surface area contributed by atoms with Gasteiger partial charge in [-0.1, -0.05) is 0 Å². The monoisotopic (exact) mass is 274 g/mol. The predicted molar refractivity (Wildman–Crippen MR) is 77.0 cm³/mol. The van der Waals surface area contributed by atoms with Crippen molar-refractivity contribution in [3.63, 3.8) is 0 Å². The van der Waals surface area contributed by atoms with Crippen molar-refractivity contribution >= 4 is 17.6 Å². The number of nitrogens with two attached hydrogens (primary N) is 1. The average molecular weight is 274 g/mol. The Morgan fingerprint density at radius 2 is 1.95 bits per heavy atom. The van der Waals surface area contributed by atoms with Gasteiger partial charge in [-0.3, -0.25) is 4.79 Å². The molecule has 0 aliphatic carbocycles. The van der Waals surface area contributed by atoms with Crippen LogP contribution in [0.5, 0.6) is 0 Å². The Kier molecular flexibility index (Phi) is 5.75. The summed E-state index contributed by atoms with van der Waals surface area (Å²) in [4.78, 5) is 23.3. The van der Waals surface area contributed by atoms with Crippen LogP contribution in [0.1, 0.15) is 30.6 Å². The summed E-state index contributed by atoms with van der Waals surface area (Å²) in [6.45, 7) is 3.55. The molecule has 20 heavy (non-hydrogen) atoms. The zero-order valence-electron chi connectivity index (χ0n) is 11.6. The third kappa shape index (κ3) is 4.75. The average Bonchev–Trinajstić information content (AvgIpc) is 2.39. The maximum absolute atomic E-state index is 11.6. The van der Waals surface area contributed by atoms with Crippen LogP contribution in [-0.4, -0.2) is 24.0 Å². The second kappa shape index (κ2) is 7.31. The zero-order chi connectivity index (χ0) is 15.1. The van der Waals surface area contributed by atoms with Crippen LogP contribution >= 0.6 is 0 Å². The first-order chi connectivity index (χ1) is 9.43. The Morgan fingerprint density at radius 3 is 2.45 bits per heavy atom. The SMILES string of the molecule is C#CCC(N)C(=O)Nc1ccc(C(=O)OC(C)C)cc1. The summed E-state index contributed by atoms with van der Waals surface area (Å²) in [5, 5.41) is 2.62. The second-order valence-corrected chi connectivity index (χ2v) is 4.54. The minimum Gasteiger partial charge on any atom is -0.459 e. The van der Waals surface area contributed by atoms with E-state index in [1.54, 1.807) is 38.1 Å². The van der Waals surface area contributed by atoms with Crippen molar-refractivity contribution in [1.82, 2.24) is 0 Å². The molecule has 0 heterocycles. The lowest BCUT2D eigenvalue weighted by Crippen LogP contribution is -2.35. The van der Waals surface area contributed by atoms with E-state index >= 15 is 0 Å². The number of hydrogen-bond donors (Lipinski definition) is 2. The number of esters is 1. The molecule has 0 spiro atoms. The molecule has 1 unspecified atom stereocenters. The van der Waals surface area contributed by atoms with E-state index in [9.17, 15) is 9.59 Å². The van der Waals surface area contributed by atoms with Crippen molar-refractivity contribution < 1.29 is 14.3 Å². The Bertz CT molecular complexity index is 515. The third-order valence-electron chi connectivity index (χ3n) is 2.41. The van der Waals surface area contributed by atoms with Crippen LogP contribution in [0.25, 0.3) is 0 Å². The molecule has 0 radical (unpaired) electrons. The van der Waals surface area contributed by atoms with Crippen LogP contribution < -0.4 is 11.1 Å². The first-order valence-corrected chi connectivity index (χ1v) is 6.25. The summed E-state index contributed by atoms with van der Waals surface area (Å²) >= 11 is 0. The van der Waals surface area contributed by atoms with Gasteiger partial charge in [0.2, 0.25) is 5.91 Å². The maximum atomic E-state index is 11.6. The standard InChI is InChI=1S/C15H18N2O3/c1-4-5-13(16)14(18)17-12-8-6-11(7-9-12)15(19)20-10(2)3/h1,6-10,13H,5,16H2,2-3H3,(H,17,18). The van der Waals surface area contributed by atoms with Crippen molar-refractivity contribution in [2.45, 2.75) is 32.4 Å². The fourth-order valence-corrected chi connectivity index (χ4v) is 1.43. The van der Waals surface area contributed by atoms with E-state index < -0.39 is 12.0 Å². The van der Waals surface area contributed by atoms with Gasteiger partial charge in [0.15, 0.2) is 0 Å². The molecule has 0 bridgehead atoms. The number of carbonyl (C=O) groups is 2. The van der Waals surface area contributed by atoms with Crippen molar-refractivity contribution in [2.75, 3.05) is 5.32 Å². The van der Waals surface area contributed by atoms with E-state index in [1.165, 1.54) is 0 Å². The molecular formula is C15H18N2O3. The highest BCUT2D eigenvalue weighted by molar-refractivity contribution is 5.95. The number of amides is 1. The molecule has 1 rings (SSSR count). The molecule has 0 fully saturated rings. The van der Waals surface area contributed by atoms with Gasteiger partial charge in [-0.15, -0.1) is 12.3 Å². The summed E-state index contributed by atoms with van der Waals surface area (Å²) in [7, 11) is 0. The Balaban J connectivity index is 2.65. The Hall–Kier alpha value is -2.32. The summed E-state index contributed by atoms with van der Waals surface area (Å²) < 4.78 is 5.06. The molecule has 3 N–H and O–H groups in total. The molecule has 0 aromatic heterocycles. The molecule has 0 aliphatic heterocycles. The molecule has 1 aromatic carbocycles. The van der Waals surface area contributed by atoms with Gasteiger partial charge in [0.05, 0.1) is 17.7 Å². The first kappa shape index (κ1) is 15.7. The molecule has 5 heteroatoms. The molecule has 1 atom stereocenters. The topological polar surface area (TPSA) is 81.4 Å². The molecule has 0 saturated heterocycles. The van der Waals surface area contributed by atoms with E-state index in [0.717, 1.165) is 0 Å². The van der Waals surface area contributed by atoms with Gasteiger partial charge in [0.25, 0.3) is 0 Å². The fraction of sp³-hybridized carbons (Fsp3) is 0.333. The van der Waals surface area contributed by atoms with Gasteiger partial charge in [0.1, 0.15) is 0 Å². The van der Waals surface area contributed by atoms with Gasteiger partial charge >= 0.3 is 5.97 Å². The lowest BCUT2D eigenvalue weighted by atomic mass is 10.2. The van der Waals surface area contributed by atoms with E-state index in [1.807, 2.05) is 0 Å². The van der Waals surface area contributed by atoms with Crippen LogP contribution in [-0.2, 0) is 9.53 Å². The minimum absolute atomic E-state index is 0.171. The number of ether oxygens (including phenoxy) is 1. The normalized spacial score (nSPS) is 11.6. The van der Waals surface area contributed by atoms with Gasteiger partial charge in [-0.2, -0.15) is 0 Å². The summed E-state index contributed by atoms with van der Waals surface area (Å²) in [5.41, 5.74) is 6.55. The third-order valence-corrected chi connectivity index (χ3v) is 2.41. The number of nitrogens with one attached hydrogen (secondary N) is 1. The van der Waals surface area contributed by atoms with Crippen LogP contribution in [0.15, 0.2) is 24.3 Å². The highest BCUT2D eigenvalue weighted by atomic mass is 16.5. The van der Waals surface area contributed by atoms with Gasteiger partial charge < -0.3 is 15.8 Å². The molecule has 1 aromatic rings. The highest BCUT2D eigenvalue weighted by Crippen LogP contribution is 2.11. The van der Waals surface area contributed by atoms with Crippen LogP contribution in [0, 0.1) is 12.3 Å². The predicted octanol–water partition coefficient (Wildman–Crippen LogP) is 1.54. The van der Waals surface area contributed by atoms with Crippen molar-refractivity contribution in [2.24, 2.45) is 5.73 Å². The lowest BCUT2D eigenvalue weighted by molar-refractivity contribution is -0.117. The smallest absolute Gasteiger partial charge is 0.338 e. The molecule has 0 aliphatic rings. The minimum atomic E-state index is -0.745. The summed E-state index contributed by atoms with van der Waals surface area (Å²) in [5.74, 6) is 1.57.